The number of β-lactam (4-membered cyclic amide) rings is 1. The molecular weight excluding hydrogens is 256 g/mol. The van der Waals surface area contributed by atoms with E-state index in [1.165, 1.54) is 4.90 Å². The van der Waals surface area contributed by atoms with Crippen molar-refractivity contribution in [2.75, 3.05) is 0 Å². The lowest BCUT2D eigenvalue weighted by Gasteiger charge is -2.40. The zero-order valence-electron chi connectivity index (χ0n) is 11.4. The maximum absolute atomic E-state index is 12.2. The number of rotatable bonds is 2. The topological polar surface area (TPSA) is 70.5 Å². The fourth-order valence-electron chi connectivity index (χ4n) is 3.24. The zero-order chi connectivity index (χ0) is 14.5. The molecule has 0 radical (unpaired) electrons. The van der Waals surface area contributed by atoms with Crippen LogP contribution in [0.15, 0.2) is 30.0 Å². The Hall–Kier alpha value is -2.17. The third kappa shape index (κ3) is 1.73. The van der Waals surface area contributed by atoms with Crippen molar-refractivity contribution in [3.05, 3.63) is 35.7 Å². The number of carboxylic acids is 1. The van der Waals surface area contributed by atoms with Gasteiger partial charge < -0.3 is 10.0 Å². The number of amides is 1. The number of carbonyl (C=O) groups is 2. The smallest absolute Gasteiger partial charge is 0.327 e. The van der Waals surface area contributed by atoms with Gasteiger partial charge in [0, 0.05) is 11.8 Å². The summed E-state index contributed by atoms with van der Waals surface area (Å²) < 4.78 is 0. The first-order valence-electron chi connectivity index (χ1n) is 6.60. The molecule has 0 aromatic carbocycles. The van der Waals surface area contributed by atoms with E-state index in [-0.39, 0.29) is 11.9 Å². The van der Waals surface area contributed by atoms with Crippen LogP contribution < -0.4 is 0 Å². The van der Waals surface area contributed by atoms with Gasteiger partial charge in [-0.1, -0.05) is 19.9 Å². The highest BCUT2D eigenvalue weighted by atomic mass is 16.4. The standard InChI is InChI=1S/C15H16N2O3/c1-15(2)8-11-10(7-9-5-3-4-6-16-9)13(18)17(11)12(15)14(19)20/h3-7,11-12H,8H2,1-2H3,(H,19,20)/b10-7+/t11?,12-/m0/s1. The number of aliphatic carboxylic acids is 1. The maximum atomic E-state index is 12.2. The Balaban J connectivity index is 1.93. The lowest BCUT2D eigenvalue weighted by atomic mass is 9.83. The summed E-state index contributed by atoms with van der Waals surface area (Å²) in [5.41, 5.74) is 0.985. The Kier molecular flexibility index (Phi) is 2.67. The predicted molar refractivity (Wildman–Crippen MR) is 72.7 cm³/mol. The summed E-state index contributed by atoms with van der Waals surface area (Å²) in [4.78, 5) is 29.3. The predicted octanol–water partition coefficient (Wildman–Crippen LogP) is 1.56. The summed E-state index contributed by atoms with van der Waals surface area (Å²) in [6.07, 6.45) is 4.12. The first kappa shape index (κ1) is 12.8. The molecule has 104 valence electrons. The molecule has 3 heterocycles. The monoisotopic (exact) mass is 272 g/mol. The Morgan fingerprint density at radius 1 is 1.50 bits per heavy atom. The second-order valence-corrected chi connectivity index (χ2v) is 6.02. The van der Waals surface area contributed by atoms with Crippen LogP contribution in [0.5, 0.6) is 0 Å². The Morgan fingerprint density at radius 3 is 2.85 bits per heavy atom. The van der Waals surface area contributed by atoms with Crippen molar-refractivity contribution in [2.24, 2.45) is 5.41 Å². The first-order chi connectivity index (χ1) is 9.42. The van der Waals surface area contributed by atoms with Crippen molar-refractivity contribution in [3.63, 3.8) is 0 Å². The molecule has 1 aromatic rings. The van der Waals surface area contributed by atoms with Crippen molar-refractivity contribution in [1.29, 1.82) is 0 Å². The summed E-state index contributed by atoms with van der Waals surface area (Å²) in [5.74, 6) is -1.11. The molecule has 5 nitrogen and oxygen atoms in total. The van der Waals surface area contributed by atoms with Gasteiger partial charge >= 0.3 is 5.97 Å². The van der Waals surface area contributed by atoms with Crippen LogP contribution in [0.4, 0.5) is 0 Å². The van der Waals surface area contributed by atoms with Crippen LogP contribution >= 0.6 is 0 Å². The second kappa shape index (κ2) is 4.16. The van der Waals surface area contributed by atoms with E-state index >= 15 is 0 Å². The van der Waals surface area contributed by atoms with Gasteiger partial charge in [-0.25, -0.2) is 4.79 Å². The van der Waals surface area contributed by atoms with Gasteiger partial charge in [0.25, 0.3) is 5.91 Å². The highest BCUT2D eigenvalue weighted by Crippen LogP contribution is 2.49. The molecule has 1 aromatic heterocycles. The van der Waals surface area contributed by atoms with Crippen molar-refractivity contribution in [1.82, 2.24) is 9.88 Å². The van der Waals surface area contributed by atoms with Crippen LogP contribution in [0.2, 0.25) is 0 Å². The molecule has 1 unspecified atom stereocenters. The van der Waals surface area contributed by atoms with Crippen molar-refractivity contribution in [3.8, 4) is 0 Å². The third-order valence-corrected chi connectivity index (χ3v) is 4.14. The first-order valence-corrected chi connectivity index (χ1v) is 6.60. The molecule has 1 amide bonds. The Labute approximate surface area is 116 Å². The van der Waals surface area contributed by atoms with Gasteiger partial charge in [0.05, 0.1) is 11.7 Å². The van der Waals surface area contributed by atoms with Gasteiger partial charge in [-0.2, -0.15) is 0 Å². The van der Waals surface area contributed by atoms with Gasteiger partial charge in [-0.05, 0) is 30.0 Å². The fraction of sp³-hybridized carbons (Fsp3) is 0.400. The molecule has 2 aliphatic heterocycles. The van der Waals surface area contributed by atoms with Crippen LogP contribution in [0.25, 0.3) is 6.08 Å². The fourth-order valence-corrected chi connectivity index (χ4v) is 3.24. The maximum Gasteiger partial charge on any atom is 0.327 e. The average molecular weight is 272 g/mol. The molecule has 20 heavy (non-hydrogen) atoms. The van der Waals surface area contributed by atoms with Crippen LogP contribution in [0.1, 0.15) is 26.0 Å². The molecule has 2 saturated heterocycles. The van der Waals surface area contributed by atoms with Crippen molar-refractivity contribution in [2.45, 2.75) is 32.4 Å². The van der Waals surface area contributed by atoms with Gasteiger partial charge in [-0.3, -0.25) is 9.78 Å². The van der Waals surface area contributed by atoms with E-state index in [1.54, 1.807) is 12.3 Å². The summed E-state index contributed by atoms with van der Waals surface area (Å²) in [6.45, 7) is 3.80. The number of hydrogen-bond donors (Lipinski definition) is 1. The number of hydrogen-bond acceptors (Lipinski definition) is 3. The summed E-state index contributed by atoms with van der Waals surface area (Å²) in [7, 11) is 0. The quantitative estimate of drug-likeness (QED) is 0.655. The van der Waals surface area contributed by atoms with Crippen LogP contribution in [-0.2, 0) is 9.59 Å². The van der Waals surface area contributed by atoms with Gasteiger partial charge in [-0.15, -0.1) is 0 Å². The number of carboxylic acid groups (broad SMARTS) is 1. The van der Waals surface area contributed by atoms with Crippen LogP contribution in [0, 0.1) is 5.41 Å². The third-order valence-electron chi connectivity index (χ3n) is 4.14. The summed E-state index contributed by atoms with van der Waals surface area (Å²) in [6, 6.07) is 4.67. The summed E-state index contributed by atoms with van der Waals surface area (Å²) in [5, 5.41) is 9.34. The SMILES string of the molecule is CC1(C)CC2/C(=C\c3ccccn3)C(=O)N2[C@H]1C(=O)O. The molecule has 2 aliphatic rings. The molecule has 0 spiro atoms. The normalized spacial score (nSPS) is 29.2. The van der Waals surface area contributed by atoms with Crippen LogP contribution in [-0.4, -0.2) is 39.0 Å². The van der Waals surface area contributed by atoms with E-state index in [0.29, 0.717) is 12.0 Å². The largest absolute Gasteiger partial charge is 0.480 e. The van der Waals surface area contributed by atoms with Gasteiger partial charge in [0.15, 0.2) is 0 Å². The highest BCUT2D eigenvalue weighted by molar-refractivity contribution is 6.08. The molecular formula is C15H16N2O3. The van der Waals surface area contributed by atoms with E-state index < -0.39 is 17.4 Å². The van der Waals surface area contributed by atoms with E-state index in [0.717, 1.165) is 5.69 Å². The number of fused-ring (bicyclic) bond motifs is 1. The van der Waals surface area contributed by atoms with Crippen molar-refractivity contribution >= 4 is 18.0 Å². The molecule has 5 heteroatoms. The van der Waals surface area contributed by atoms with Crippen LogP contribution in [0.3, 0.4) is 0 Å². The lowest BCUT2D eigenvalue weighted by Crippen LogP contribution is -2.57. The molecule has 3 rings (SSSR count). The Morgan fingerprint density at radius 2 is 2.25 bits per heavy atom. The molecule has 1 N–H and O–H groups in total. The van der Waals surface area contributed by atoms with E-state index in [4.69, 9.17) is 0 Å². The highest BCUT2D eigenvalue weighted by Gasteiger charge is 2.60. The average Bonchev–Trinajstić information content (AvgIpc) is 2.66. The molecule has 0 bridgehead atoms. The number of aromatic nitrogens is 1. The minimum atomic E-state index is -0.928. The number of nitrogens with zero attached hydrogens (tertiary/aromatic N) is 2. The van der Waals surface area contributed by atoms with Gasteiger partial charge in [0.1, 0.15) is 6.04 Å². The minimum absolute atomic E-state index is 0.0967. The van der Waals surface area contributed by atoms with Gasteiger partial charge in [0.2, 0.25) is 0 Å². The Bertz CT molecular complexity index is 607. The minimum Gasteiger partial charge on any atom is -0.480 e. The van der Waals surface area contributed by atoms with E-state index in [1.807, 2.05) is 32.0 Å². The van der Waals surface area contributed by atoms with E-state index in [2.05, 4.69) is 4.98 Å². The summed E-state index contributed by atoms with van der Waals surface area (Å²) >= 11 is 0. The van der Waals surface area contributed by atoms with E-state index in [9.17, 15) is 14.7 Å². The zero-order valence-corrected chi connectivity index (χ0v) is 11.4. The molecule has 2 fully saturated rings. The lowest BCUT2D eigenvalue weighted by molar-refractivity contribution is -0.154. The molecule has 2 atom stereocenters. The second-order valence-electron chi connectivity index (χ2n) is 6.02. The number of carbonyl (C=O) groups excluding carboxylic acids is 1. The van der Waals surface area contributed by atoms with Crippen molar-refractivity contribution < 1.29 is 14.7 Å². The molecule has 0 aliphatic carbocycles. The number of pyridine rings is 1. The molecule has 0 saturated carbocycles.